The molecule has 4 rings (SSSR count). The highest BCUT2D eigenvalue weighted by Crippen LogP contribution is 2.22. The fourth-order valence-corrected chi connectivity index (χ4v) is 3.09. The minimum absolute atomic E-state index is 0.189. The first-order valence-electron chi connectivity index (χ1n) is 8.74. The number of rotatable bonds is 4. The van der Waals surface area contributed by atoms with Gasteiger partial charge in [0.05, 0.1) is 23.6 Å². The van der Waals surface area contributed by atoms with E-state index in [1.165, 1.54) is 4.68 Å². The number of halogens is 1. The van der Waals surface area contributed by atoms with Gasteiger partial charge in [-0.25, -0.2) is 9.66 Å². The van der Waals surface area contributed by atoms with Gasteiger partial charge in [-0.3, -0.25) is 9.78 Å². The molecule has 0 aliphatic carbocycles. The molecule has 6 nitrogen and oxygen atoms in total. The molecule has 0 atom stereocenters. The summed E-state index contributed by atoms with van der Waals surface area (Å²) in [6.07, 6.45) is 3.18. The van der Waals surface area contributed by atoms with Crippen LogP contribution in [-0.2, 0) is 6.54 Å². The first-order valence-corrected chi connectivity index (χ1v) is 9.12. The molecule has 0 radical (unpaired) electrons. The van der Waals surface area contributed by atoms with Crippen LogP contribution in [0.5, 0.6) is 0 Å². The molecule has 0 aliphatic rings. The lowest BCUT2D eigenvalue weighted by molar-refractivity contribution is 0.801. The molecule has 0 amide bonds. The summed E-state index contributed by atoms with van der Waals surface area (Å²) >= 11 is 5.95. The lowest BCUT2D eigenvalue weighted by Crippen LogP contribution is -2.31. The van der Waals surface area contributed by atoms with Crippen LogP contribution in [-0.4, -0.2) is 14.6 Å². The molecule has 28 heavy (non-hydrogen) atoms. The van der Waals surface area contributed by atoms with Gasteiger partial charge in [0.1, 0.15) is 0 Å². The molecule has 0 bridgehead atoms. The Kier molecular flexibility index (Phi) is 4.71. The van der Waals surface area contributed by atoms with Crippen molar-refractivity contribution in [2.45, 2.75) is 13.5 Å². The zero-order chi connectivity index (χ0) is 19.7. The van der Waals surface area contributed by atoms with E-state index in [-0.39, 0.29) is 5.56 Å². The van der Waals surface area contributed by atoms with Gasteiger partial charge in [0.25, 0.3) is 5.56 Å². The summed E-state index contributed by atoms with van der Waals surface area (Å²) in [4.78, 5) is 21.9. The number of nitrogens with two attached hydrogens (primary N) is 1. The van der Waals surface area contributed by atoms with Crippen LogP contribution in [0.3, 0.4) is 0 Å². The van der Waals surface area contributed by atoms with Crippen molar-refractivity contribution in [3.8, 4) is 11.4 Å². The van der Waals surface area contributed by atoms with Gasteiger partial charge < -0.3 is 11.2 Å². The molecular formula is C21H18ClN5O. The lowest BCUT2D eigenvalue weighted by atomic mass is 10.1. The van der Waals surface area contributed by atoms with Crippen molar-refractivity contribution in [2.24, 2.45) is 0 Å². The Morgan fingerprint density at radius 3 is 2.68 bits per heavy atom. The van der Waals surface area contributed by atoms with Crippen LogP contribution in [0, 0.1) is 6.92 Å². The average Bonchev–Trinajstić information content (AvgIpc) is 2.70. The summed E-state index contributed by atoms with van der Waals surface area (Å²) in [7, 11) is 0. The van der Waals surface area contributed by atoms with Gasteiger partial charge in [-0.2, -0.15) is 0 Å². The zero-order valence-electron chi connectivity index (χ0n) is 15.2. The van der Waals surface area contributed by atoms with Gasteiger partial charge in [-0.15, -0.1) is 0 Å². The number of fused-ring (bicyclic) bond motifs is 1. The Balaban J connectivity index is 1.84. The second kappa shape index (κ2) is 7.32. The number of nitrogens with zero attached hydrogens (tertiary/aromatic N) is 3. The van der Waals surface area contributed by atoms with E-state index in [0.717, 1.165) is 16.7 Å². The van der Waals surface area contributed by atoms with Crippen molar-refractivity contribution < 1.29 is 0 Å². The number of hydrogen-bond donors (Lipinski definition) is 2. The van der Waals surface area contributed by atoms with Gasteiger partial charge >= 0.3 is 0 Å². The summed E-state index contributed by atoms with van der Waals surface area (Å²) in [5.41, 5.74) is 12.9. The Morgan fingerprint density at radius 1 is 1.14 bits per heavy atom. The second-order valence-electron chi connectivity index (χ2n) is 6.50. The molecule has 2 aromatic heterocycles. The molecule has 0 spiro atoms. The minimum Gasteiger partial charge on any atom is -0.399 e. The van der Waals surface area contributed by atoms with Crippen LogP contribution >= 0.6 is 11.6 Å². The van der Waals surface area contributed by atoms with Crippen molar-refractivity contribution in [3.05, 3.63) is 87.4 Å². The summed E-state index contributed by atoms with van der Waals surface area (Å²) < 4.78 is 1.47. The number of benzene rings is 2. The van der Waals surface area contributed by atoms with Gasteiger partial charge in [0, 0.05) is 22.5 Å². The van der Waals surface area contributed by atoms with Crippen LogP contribution in [0.25, 0.3) is 22.3 Å². The van der Waals surface area contributed by atoms with Crippen molar-refractivity contribution >= 4 is 28.2 Å². The van der Waals surface area contributed by atoms with Crippen LogP contribution in [0.15, 0.2) is 65.7 Å². The largest absolute Gasteiger partial charge is 0.399 e. The highest BCUT2D eigenvalue weighted by molar-refractivity contribution is 6.30. The lowest BCUT2D eigenvalue weighted by Gasteiger charge is -2.16. The fourth-order valence-electron chi connectivity index (χ4n) is 2.96. The first kappa shape index (κ1) is 18.0. The van der Waals surface area contributed by atoms with Crippen LogP contribution in [0.1, 0.15) is 11.1 Å². The quantitative estimate of drug-likeness (QED) is 0.517. The number of anilines is 1. The molecule has 0 saturated carbocycles. The standard InChI is InChI=1S/C21H18ClN5O/c1-13-10-15(4-7-18(13)23)20-26-19-12-24-9-8-17(19)21(28)27(20)25-11-14-2-5-16(22)6-3-14/h2-10,12,25H,11,23H2,1H3. The highest BCUT2D eigenvalue weighted by atomic mass is 35.5. The van der Waals surface area contributed by atoms with Gasteiger partial charge in [0.15, 0.2) is 5.82 Å². The number of hydrogen-bond acceptors (Lipinski definition) is 5. The molecule has 0 aliphatic heterocycles. The maximum Gasteiger partial charge on any atom is 0.280 e. The van der Waals surface area contributed by atoms with E-state index in [9.17, 15) is 4.79 Å². The summed E-state index contributed by atoms with van der Waals surface area (Å²) in [6.45, 7) is 2.36. The van der Waals surface area contributed by atoms with Gasteiger partial charge in [-0.1, -0.05) is 23.7 Å². The third-order valence-corrected chi connectivity index (χ3v) is 4.81. The molecule has 0 saturated heterocycles. The molecular weight excluding hydrogens is 374 g/mol. The molecule has 4 aromatic rings. The number of pyridine rings is 1. The maximum absolute atomic E-state index is 13.1. The average molecular weight is 392 g/mol. The van der Waals surface area contributed by atoms with Crippen molar-refractivity contribution in [1.29, 1.82) is 0 Å². The monoisotopic (exact) mass is 391 g/mol. The first-order chi connectivity index (χ1) is 13.5. The van der Waals surface area contributed by atoms with E-state index < -0.39 is 0 Å². The van der Waals surface area contributed by atoms with E-state index in [1.54, 1.807) is 18.5 Å². The third-order valence-electron chi connectivity index (χ3n) is 4.55. The molecule has 0 unspecified atom stereocenters. The molecule has 3 N–H and O–H groups in total. The molecule has 2 aromatic carbocycles. The van der Waals surface area contributed by atoms with Crippen molar-refractivity contribution in [2.75, 3.05) is 11.2 Å². The Labute approximate surface area is 166 Å². The van der Waals surface area contributed by atoms with Gasteiger partial charge in [0.2, 0.25) is 0 Å². The normalized spacial score (nSPS) is 10.9. The summed E-state index contributed by atoms with van der Waals surface area (Å²) in [5.74, 6) is 0.502. The van der Waals surface area contributed by atoms with Crippen LogP contribution in [0.4, 0.5) is 5.69 Å². The SMILES string of the molecule is Cc1cc(-c2nc3cnccc3c(=O)n2NCc2ccc(Cl)cc2)ccc1N. The van der Waals surface area contributed by atoms with Crippen molar-refractivity contribution in [1.82, 2.24) is 14.6 Å². The number of aryl methyl sites for hydroxylation is 1. The molecule has 140 valence electrons. The van der Waals surface area contributed by atoms with E-state index in [0.29, 0.717) is 34.0 Å². The Bertz CT molecular complexity index is 1220. The second-order valence-corrected chi connectivity index (χ2v) is 6.94. The summed E-state index contributed by atoms with van der Waals surface area (Å²) in [5, 5.41) is 1.16. The number of nitrogens with one attached hydrogen (secondary N) is 1. The van der Waals surface area contributed by atoms with E-state index in [1.807, 2.05) is 49.4 Å². The topological polar surface area (TPSA) is 85.8 Å². The number of aromatic nitrogens is 3. The smallest absolute Gasteiger partial charge is 0.280 e. The fraction of sp³-hybridized carbons (Fsp3) is 0.0952. The van der Waals surface area contributed by atoms with Crippen molar-refractivity contribution in [3.63, 3.8) is 0 Å². The maximum atomic E-state index is 13.1. The van der Waals surface area contributed by atoms with Gasteiger partial charge in [-0.05, 0) is 54.4 Å². The molecule has 0 fully saturated rings. The molecule has 7 heteroatoms. The predicted octanol–water partition coefficient (Wildman–Crippen LogP) is 3.75. The Morgan fingerprint density at radius 2 is 1.93 bits per heavy atom. The predicted molar refractivity (Wildman–Crippen MR) is 113 cm³/mol. The Hall–Kier alpha value is -3.38. The number of nitrogen functional groups attached to an aromatic ring is 1. The zero-order valence-corrected chi connectivity index (χ0v) is 15.9. The van der Waals surface area contributed by atoms with Crippen LogP contribution in [0.2, 0.25) is 5.02 Å². The third kappa shape index (κ3) is 3.42. The van der Waals surface area contributed by atoms with E-state index in [2.05, 4.69) is 15.4 Å². The van der Waals surface area contributed by atoms with E-state index in [4.69, 9.17) is 17.3 Å². The van der Waals surface area contributed by atoms with Crippen LogP contribution < -0.4 is 16.7 Å². The minimum atomic E-state index is -0.189. The summed E-state index contributed by atoms with van der Waals surface area (Å²) in [6, 6.07) is 14.7. The highest BCUT2D eigenvalue weighted by Gasteiger charge is 2.13. The molecule has 2 heterocycles. The van der Waals surface area contributed by atoms with E-state index >= 15 is 0 Å².